The van der Waals surface area contributed by atoms with Crippen molar-refractivity contribution >= 4 is 56.0 Å². The highest BCUT2D eigenvalue weighted by atomic mass is 127. The summed E-state index contributed by atoms with van der Waals surface area (Å²) in [5.41, 5.74) is 3.26. The van der Waals surface area contributed by atoms with Crippen molar-refractivity contribution < 1.29 is 4.74 Å². The lowest BCUT2D eigenvalue weighted by atomic mass is 10.1. The lowest BCUT2D eigenvalue weighted by Gasteiger charge is -2.12. The van der Waals surface area contributed by atoms with Gasteiger partial charge in [-0.1, -0.05) is 40.8 Å². The first-order chi connectivity index (χ1) is 12.1. The average molecular weight is 445 g/mol. The molecule has 25 heavy (non-hydrogen) atoms. The molecule has 0 saturated carbocycles. The molecular weight excluding hydrogens is 429 g/mol. The normalized spacial score (nSPS) is 13.0. The maximum absolute atomic E-state index is 13.2. The smallest absolute Gasteiger partial charge is 0.338 e. The zero-order valence-electron chi connectivity index (χ0n) is 14.1. The molecule has 0 aliphatic carbocycles. The van der Waals surface area contributed by atoms with Gasteiger partial charge in [0.15, 0.2) is 0 Å². The molecule has 0 N–H and O–H groups in total. The third-order valence-corrected chi connectivity index (χ3v) is 4.98. The lowest BCUT2D eigenvalue weighted by Crippen LogP contribution is -2.35. The molecule has 2 heterocycles. The third-order valence-electron chi connectivity index (χ3n) is 4.66. The van der Waals surface area contributed by atoms with Gasteiger partial charge in [-0.3, -0.25) is 14.0 Å². The number of halogens is 1. The second-order valence-electron chi connectivity index (χ2n) is 5.80. The van der Waals surface area contributed by atoms with Crippen LogP contribution in [0.25, 0.3) is 33.4 Å². The molecular formula is C19H16IN3O2. The van der Waals surface area contributed by atoms with Crippen molar-refractivity contribution in [3.63, 3.8) is 0 Å². The van der Waals surface area contributed by atoms with Crippen LogP contribution in [0.15, 0.2) is 44.2 Å². The second-order valence-corrected chi connectivity index (χ2v) is 6.52. The highest BCUT2D eigenvalue weighted by Gasteiger charge is 2.20. The molecule has 4 aromatic rings. The van der Waals surface area contributed by atoms with Crippen molar-refractivity contribution in [1.29, 1.82) is 0 Å². The zero-order valence-corrected chi connectivity index (χ0v) is 16.2. The van der Waals surface area contributed by atoms with Crippen molar-refractivity contribution in [2.24, 2.45) is 4.99 Å². The number of ether oxygens (including phenoxy) is 1. The Morgan fingerprint density at radius 2 is 2.00 bits per heavy atom. The number of benzene rings is 2. The van der Waals surface area contributed by atoms with E-state index in [2.05, 4.69) is 27.6 Å². The number of rotatable bonds is 2. The minimum absolute atomic E-state index is 0.128. The molecule has 4 rings (SSSR count). The Labute approximate surface area is 157 Å². The van der Waals surface area contributed by atoms with Crippen molar-refractivity contribution in [1.82, 2.24) is 8.97 Å². The molecule has 0 unspecified atom stereocenters. The Kier molecular flexibility index (Phi) is 3.79. The number of aromatic nitrogens is 2. The molecule has 0 atom stereocenters. The SMILES string of the molecule is C/N=c1\c2c(C)c(OC)cc3c4ccccc4n(c(=O)n1/C=C\I)c23. The minimum Gasteiger partial charge on any atom is -0.496 e. The first-order valence-electron chi connectivity index (χ1n) is 7.82. The average Bonchev–Trinajstić information content (AvgIpc) is 2.96. The van der Waals surface area contributed by atoms with Gasteiger partial charge in [0.2, 0.25) is 0 Å². The van der Waals surface area contributed by atoms with E-state index in [1.165, 1.54) is 0 Å². The van der Waals surface area contributed by atoms with Crippen molar-refractivity contribution in [2.45, 2.75) is 6.92 Å². The monoisotopic (exact) mass is 445 g/mol. The summed E-state index contributed by atoms with van der Waals surface area (Å²) in [5, 5.41) is 2.96. The quantitative estimate of drug-likeness (QED) is 0.443. The summed E-state index contributed by atoms with van der Waals surface area (Å²) in [6.45, 7) is 2.00. The van der Waals surface area contributed by atoms with E-state index in [0.717, 1.165) is 38.5 Å². The van der Waals surface area contributed by atoms with Gasteiger partial charge < -0.3 is 4.74 Å². The standard InChI is InChI=1S/C19H16IN3O2/c1-11-15(25-3)10-13-12-6-4-5-7-14(12)23-17(13)16(11)18(21-2)22(9-8-20)19(23)24/h4-10H,1-3H3/b9-8-,21-18+. The predicted octanol–water partition coefficient (Wildman–Crippen LogP) is 3.56. The van der Waals surface area contributed by atoms with E-state index >= 15 is 0 Å². The van der Waals surface area contributed by atoms with E-state index in [0.29, 0.717) is 5.49 Å². The van der Waals surface area contributed by atoms with Gasteiger partial charge >= 0.3 is 5.69 Å². The first-order valence-corrected chi connectivity index (χ1v) is 9.07. The maximum Gasteiger partial charge on any atom is 0.338 e. The summed E-state index contributed by atoms with van der Waals surface area (Å²) in [7, 11) is 3.37. The van der Waals surface area contributed by atoms with E-state index in [1.54, 1.807) is 29.3 Å². The number of aryl methyl sites for hydroxylation is 1. The molecule has 126 valence electrons. The van der Waals surface area contributed by atoms with Gasteiger partial charge in [-0.25, -0.2) is 4.79 Å². The fraction of sp³-hybridized carbons (Fsp3) is 0.158. The summed E-state index contributed by atoms with van der Waals surface area (Å²) in [5.74, 6) is 0.791. The second kappa shape index (κ2) is 5.87. The van der Waals surface area contributed by atoms with Crippen LogP contribution in [-0.2, 0) is 0 Å². The molecule has 0 amide bonds. The third kappa shape index (κ3) is 2.06. The summed E-state index contributed by atoms with van der Waals surface area (Å²) >= 11 is 2.11. The van der Waals surface area contributed by atoms with Gasteiger partial charge in [-0.05, 0) is 23.1 Å². The van der Waals surface area contributed by atoms with Gasteiger partial charge in [0.1, 0.15) is 11.2 Å². The van der Waals surface area contributed by atoms with Crippen LogP contribution in [0.2, 0.25) is 0 Å². The summed E-state index contributed by atoms with van der Waals surface area (Å²) in [6, 6.07) is 9.95. The van der Waals surface area contributed by atoms with Crippen molar-refractivity contribution in [3.05, 3.63) is 56.0 Å². The molecule has 0 saturated heterocycles. The topological polar surface area (TPSA) is 48.0 Å². The molecule has 5 nitrogen and oxygen atoms in total. The van der Waals surface area contributed by atoms with Crippen LogP contribution in [0.4, 0.5) is 0 Å². The Balaban J connectivity index is 2.51. The van der Waals surface area contributed by atoms with E-state index in [1.807, 2.05) is 41.3 Å². The van der Waals surface area contributed by atoms with E-state index < -0.39 is 0 Å². The first kappa shape index (κ1) is 16.1. The van der Waals surface area contributed by atoms with Gasteiger partial charge in [-0.2, -0.15) is 0 Å². The van der Waals surface area contributed by atoms with Crippen molar-refractivity contribution in [2.75, 3.05) is 14.2 Å². The molecule has 0 aliphatic rings. The number of para-hydroxylation sites is 1. The highest BCUT2D eigenvalue weighted by Crippen LogP contribution is 2.35. The fourth-order valence-corrected chi connectivity index (χ4v) is 3.93. The molecule has 0 bridgehead atoms. The van der Waals surface area contributed by atoms with Crippen LogP contribution in [-0.4, -0.2) is 23.1 Å². The molecule has 0 radical (unpaired) electrons. The van der Waals surface area contributed by atoms with E-state index in [9.17, 15) is 4.79 Å². The maximum atomic E-state index is 13.2. The van der Waals surface area contributed by atoms with Crippen molar-refractivity contribution in [3.8, 4) is 5.75 Å². The zero-order chi connectivity index (χ0) is 17.7. The van der Waals surface area contributed by atoms with Crippen LogP contribution < -0.4 is 15.9 Å². The Bertz CT molecular complexity index is 1280. The van der Waals surface area contributed by atoms with Crippen LogP contribution in [0.5, 0.6) is 5.75 Å². The predicted molar refractivity (Wildman–Crippen MR) is 110 cm³/mol. The van der Waals surface area contributed by atoms with Crippen LogP contribution in [0.1, 0.15) is 5.56 Å². The molecule has 2 aromatic heterocycles. The molecule has 2 aromatic carbocycles. The number of methoxy groups -OCH3 is 1. The Hall–Kier alpha value is -2.35. The van der Waals surface area contributed by atoms with Gasteiger partial charge in [0, 0.05) is 35.0 Å². The van der Waals surface area contributed by atoms with Crippen LogP contribution in [0.3, 0.4) is 0 Å². The summed E-state index contributed by atoms with van der Waals surface area (Å²) in [6.07, 6.45) is 1.74. The Morgan fingerprint density at radius 1 is 1.24 bits per heavy atom. The molecule has 0 spiro atoms. The van der Waals surface area contributed by atoms with Gasteiger partial charge in [0.25, 0.3) is 0 Å². The number of hydrogen-bond acceptors (Lipinski definition) is 3. The summed E-state index contributed by atoms with van der Waals surface area (Å²) < 4.78 is 10.8. The fourth-order valence-electron chi connectivity index (χ4n) is 3.61. The number of fused-ring (bicyclic) bond motifs is 3. The molecule has 0 fully saturated rings. The van der Waals surface area contributed by atoms with Gasteiger partial charge in [0.05, 0.1) is 18.1 Å². The van der Waals surface area contributed by atoms with Crippen LogP contribution >= 0.6 is 22.6 Å². The van der Waals surface area contributed by atoms with E-state index in [-0.39, 0.29) is 5.69 Å². The minimum atomic E-state index is -0.128. The molecule has 0 aliphatic heterocycles. The van der Waals surface area contributed by atoms with Crippen LogP contribution in [0, 0.1) is 6.92 Å². The largest absolute Gasteiger partial charge is 0.496 e. The Morgan fingerprint density at radius 3 is 2.68 bits per heavy atom. The number of hydrogen-bond donors (Lipinski definition) is 0. The molecule has 6 heteroatoms. The van der Waals surface area contributed by atoms with E-state index in [4.69, 9.17) is 4.74 Å². The van der Waals surface area contributed by atoms with Gasteiger partial charge in [-0.15, -0.1) is 0 Å². The lowest BCUT2D eigenvalue weighted by molar-refractivity contribution is 0.413. The highest BCUT2D eigenvalue weighted by molar-refractivity contribution is 14.1. The summed E-state index contributed by atoms with van der Waals surface area (Å²) in [4.78, 5) is 17.7. The number of nitrogens with zero attached hydrogens (tertiary/aromatic N) is 3.